The van der Waals surface area contributed by atoms with Crippen LogP contribution in [0.1, 0.15) is 23.4 Å². The molecule has 0 saturated carbocycles. The van der Waals surface area contributed by atoms with Crippen LogP contribution >= 0.6 is 0 Å². The second kappa shape index (κ2) is 4.78. The second-order valence-corrected chi connectivity index (χ2v) is 3.62. The number of aromatic nitrogens is 2. The number of carboxylic acids is 1. The van der Waals surface area contributed by atoms with E-state index in [2.05, 4.69) is 10.4 Å². The van der Waals surface area contributed by atoms with Gasteiger partial charge in [0.25, 0.3) is 0 Å². The van der Waals surface area contributed by atoms with Gasteiger partial charge in [-0.2, -0.15) is 5.10 Å². The van der Waals surface area contributed by atoms with Crippen LogP contribution in [0.15, 0.2) is 0 Å². The standard InChI is InChI=1S/C10H15N3O3/c1-6-8(7(2)13(3)12-6)5-11-9(14)4-10(15)16/h4-5H2,1-3H3,(H,11,14)(H,15,16). The largest absolute Gasteiger partial charge is 0.481 e. The van der Waals surface area contributed by atoms with E-state index in [1.54, 1.807) is 4.68 Å². The molecule has 1 aromatic heterocycles. The van der Waals surface area contributed by atoms with E-state index in [1.165, 1.54) is 0 Å². The van der Waals surface area contributed by atoms with Crippen molar-refractivity contribution in [1.29, 1.82) is 0 Å². The van der Waals surface area contributed by atoms with E-state index in [9.17, 15) is 9.59 Å². The van der Waals surface area contributed by atoms with Crippen LogP contribution < -0.4 is 5.32 Å². The highest BCUT2D eigenvalue weighted by molar-refractivity contribution is 5.93. The van der Waals surface area contributed by atoms with E-state index in [0.29, 0.717) is 6.54 Å². The normalized spacial score (nSPS) is 10.2. The number of aryl methyl sites for hydroxylation is 2. The Bertz CT molecular complexity index is 423. The van der Waals surface area contributed by atoms with E-state index < -0.39 is 18.3 Å². The molecule has 0 aromatic carbocycles. The third-order valence-corrected chi connectivity index (χ3v) is 2.43. The Morgan fingerprint density at radius 3 is 2.50 bits per heavy atom. The van der Waals surface area contributed by atoms with Crippen molar-refractivity contribution in [1.82, 2.24) is 15.1 Å². The number of amides is 1. The first-order valence-electron chi connectivity index (χ1n) is 4.89. The molecule has 6 nitrogen and oxygen atoms in total. The van der Waals surface area contributed by atoms with Gasteiger partial charge in [0.15, 0.2) is 0 Å². The molecule has 16 heavy (non-hydrogen) atoms. The topological polar surface area (TPSA) is 84.2 Å². The molecule has 0 saturated heterocycles. The molecule has 0 unspecified atom stereocenters. The molecule has 0 aliphatic heterocycles. The molecule has 0 aliphatic carbocycles. The Balaban J connectivity index is 2.61. The Labute approximate surface area is 93.3 Å². The van der Waals surface area contributed by atoms with Gasteiger partial charge < -0.3 is 10.4 Å². The number of carboxylic acid groups (broad SMARTS) is 1. The third-order valence-electron chi connectivity index (χ3n) is 2.43. The van der Waals surface area contributed by atoms with Gasteiger partial charge in [-0.1, -0.05) is 0 Å². The van der Waals surface area contributed by atoms with Crippen molar-refractivity contribution < 1.29 is 14.7 Å². The number of nitrogens with zero attached hydrogens (tertiary/aromatic N) is 2. The van der Waals surface area contributed by atoms with Crippen LogP contribution in [0.25, 0.3) is 0 Å². The maximum atomic E-state index is 11.1. The Kier molecular flexibility index (Phi) is 3.65. The number of rotatable bonds is 4. The number of carbonyl (C=O) groups is 2. The second-order valence-electron chi connectivity index (χ2n) is 3.62. The van der Waals surface area contributed by atoms with Gasteiger partial charge in [0.1, 0.15) is 6.42 Å². The minimum Gasteiger partial charge on any atom is -0.481 e. The van der Waals surface area contributed by atoms with Crippen LogP contribution in [0.4, 0.5) is 0 Å². The summed E-state index contributed by atoms with van der Waals surface area (Å²) in [5.41, 5.74) is 2.74. The van der Waals surface area contributed by atoms with Gasteiger partial charge >= 0.3 is 5.97 Å². The Morgan fingerprint density at radius 1 is 1.44 bits per heavy atom. The number of hydrogen-bond donors (Lipinski definition) is 2. The van der Waals surface area contributed by atoms with Gasteiger partial charge in [0.2, 0.25) is 5.91 Å². The van der Waals surface area contributed by atoms with Gasteiger partial charge in [0.05, 0.1) is 5.69 Å². The molecule has 0 aliphatic rings. The molecule has 1 heterocycles. The molecule has 0 spiro atoms. The average Bonchev–Trinajstić information content (AvgIpc) is 2.38. The monoisotopic (exact) mass is 225 g/mol. The first-order valence-corrected chi connectivity index (χ1v) is 4.89. The summed E-state index contributed by atoms with van der Waals surface area (Å²) in [5.74, 6) is -1.62. The minimum atomic E-state index is -1.13. The van der Waals surface area contributed by atoms with Gasteiger partial charge in [0, 0.05) is 24.8 Å². The molecule has 0 fully saturated rings. The summed E-state index contributed by atoms with van der Waals surface area (Å²) >= 11 is 0. The lowest BCUT2D eigenvalue weighted by molar-refractivity contribution is -0.140. The van der Waals surface area contributed by atoms with Crippen molar-refractivity contribution in [3.8, 4) is 0 Å². The van der Waals surface area contributed by atoms with Crippen molar-refractivity contribution in [3.05, 3.63) is 17.0 Å². The van der Waals surface area contributed by atoms with Crippen molar-refractivity contribution in [2.75, 3.05) is 0 Å². The number of hydrogen-bond acceptors (Lipinski definition) is 3. The number of carbonyl (C=O) groups excluding carboxylic acids is 1. The highest BCUT2D eigenvalue weighted by Gasteiger charge is 2.11. The van der Waals surface area contributed by atoms with E-state index in [-0.39, 0.29) is 0 Å². The van der Waals surface area contributed by atoms with E-state index in [4.69, 9.17) is 5.11 Å². The third kappa shape index (κ3) is 2.82. The smallest absolute Gasteiger partial charge is 0.312 e. The highest BCUT2D eigenvalue weighted by Crippen LogP contribution is 2.10. The molecule has 0 radical (unpaired) electrons. The predicted octanol–water partition coefficient (Wildman–Crippen LogP) is 0.128. The van der Waals surface area contributed by atoms with E-state index in [1.807, 2.05) is 20.9 Å². The Morgan fingerprint density at radius 2 is 2.06 bits per heavy atom. The Hall–Kier alpha value is -1.85. The van der Waals surface area contributed by atoms with Crippen LogP contribution in [-0.4, -0.2) is 26.8 Å². The zero-order chi connectivity index (χ0) is 12.3. The lowest BCUT2D eigenvalue weighted by Crippen LogP contribution is -2.25. The fourth-order valence-corrected chi connectivity index (χ4v) is 1.46. The van der Waals surface area contributed by atoms with Crippen molar-refractivity contribution in [2.45, 2.75) is 26.8 Å². The highest BCUT2D eigenvalue weighted by atomic mass is 16.4. The van der Waals surface area contributed by atoms with Crippen LogP contribution in [-0.2, 0) is 23.2 Å². The molecule has 6 heteroatoms. The quantitative estimate of drug-likeness (QED) is 0.713. The molecule has 0 atom stereocenters. The van der Waals surface area contributed by atoms with Crippen LogP contribution in [0.3, 0.4) is 0 Å². The number of nitrogens with one attached hydrogen (secondary N) is 1. The average molecular weight is 225 g/mol. The fraction of sp³-hybridized carbons (Fsp3) is 0.500. The predicted molar refractivity (Wildman–Crippen MR) is 56.8 cm³/mol. The van der Waals surface area contributed by atoms with E-state index in [0.717, 1.165) is 17.0 Å². The zero-order valence-electron chi connectivity index (χ0n) is 9.57. The van der Waals surface area contributed by atoms with Crippen LogP contribution in [0.5, 0.6) is 0 Å². The zero-order valence-corrected chi connectivity index (χ0v) is 9.57. The molecular weight excluding hydrogens is 210 g/mol. The summed E-state index contributed by atoms with van der Waals surface area (Å²) < 4.78 is 1.73. The molecule has 88 valence electrons. The van der Waals surface area contributed by atoms with Crippen LogP contribution in [0.2, 0.25) is 0 Å². The molecular formula is C10H15N3O3. The van der Waals surface area contributed by atoms with Crippen molar-refractivity contribution in [2.24, 2.45) is 7.05 Å². The summed E-state index contributed by atoms with van der Waals surface area (Å²) in [7, 11) is 1.82. The molecule has 1 aromatic rings. The summed E-state index contributed by atoms with van der Waals surface area (Å²) in [6.45, 7) is 4.07. The van der Waals surface area contributed by atoms with E-state index >= 15 is 0 Å². The summed E-state index contributed by atoms with van der Waals surface area (Å²) in [5, 5.41) is 15.2. The summed E-state index contributed by atoms with van der Waals surface area (Å²) in [6, 6.07) is 0. The molecule has 0 bridgehead atoms. The number of aliphatic carboxylic acids is 1. The first kappa shape index (κ1) is 12.2. The maximum absolute atomic E-state index is 11.1. The van der Waals surface area contributed by atoms with Gasteiger partial charge in [-0.3, -0.25) is 14.3 Å². The molecule has 1 rings (SSSR count). The SMILES string of the molecule is Cc1nn(C)c(C)c1CNC(=O)CC(=O)O. The van der Waals surface area contributed by atoms with Gasteiger partial charge in [-0.15, -0.1) is 0 Å². The maximum Gasteiger partial charge on any atom is 0.312 e. The first-order chi connectivity index (χ1) is 7.41. The van der Waals surface area contributed by atoms with Gasteiger partial charge in [-0.25, -0.2) is 0 Å². The summed E-state index contributed by atoms with van der Waals surface area (Å²) in [4.78, 5) is 21.4. The lowest BCUT2D eigenvalue weighted by Gasteiger charge is -2.04. The van der Waals surface area contributed by atoms with Crippen LogP contribution in [0, 0.1) is 13.8 Å². The van der Waals surface area contributed by atoms with Crippen molar-refractivity contribution >= 4 is 11.9 Å². The van der Waals surface area contributed by atoms with Crippen molar-refractivity contribution in [3.63, 3.8) is 0 Å². The molecule has 1 amide bonds. The lowest BCUT2D eigenvalue weighted by atomic mass is 10.2. The summed E-state index contributed by atoms with van der Waals surface area (Å²) in [6.07, 6.45) is -0.502. The molecule has 2 N–H and O–H groups in total. The fourth-order valence-electron chi connectivity index (χ4n) is 1.46. The van der Waals surface area contributed by atoms with Gasteiger partial charge in [-0.05, 0) is 13.8 Å². The minimum absolute atomic E-state index is 0.317.